The molecule has 1 aromatic carbocycles. The van der Waals surface area contributed by atoms with Crippen LogP contribution in [0.2, 0.25) is 5.02 Å². The molecule has 2 rings (SSSR count). The van der Waals surface area contributed by atoms with Crippen molar-refractivity contribution in [3.05, 3.63) is 29.3 Å². The quantitative estimate of drug-likeness (QED) is 0.871. The molecule has 1 saturated heterocycles. The molecule has 1 amide bonds. The Morgan fingerprint density at radius 2 is 2.15 bits per heavy atom. The first kappa shape index (κ1) is 15.2. The number of carbonyl (C=O) groups is 1. The molecule has 1 aliphatic heterocycles. The minimum absolute atomic E-state index is 0.191. The van der Waals surface area contributed by atoms with Crippen LogP contribution in [0.4, 0.5) is 5.69 Å². The number of amides is 1. The molecule has 1 aliphatic rings. The molecule has 0 aliphatic carbocycles. The van der Waals surface area contributed by atoms with Gasteiger partial charge in [0.1, 0.15) is 0 Å². The van der Waals surface area contributed by atoms with Crippen molar-refractivity contribution >= 4 is 23.2 Å². The molecular formula is C16H23ClN2O. The maximum atomic E-state index is 11.6. The predicted octanol–water partition coefficient (Wildman–Crippen LogP) is 3.47. The molecule has 4 heteroatoms. The van der Waals surface area contributed by atoms with Gasteiger partial charge in [-0.05, 0) is 43.0 Å². The van der Waals surface area contributed by atoms with Crippen molar-refractivity contribution < 1.29 is 4.79 Å². The Bertz CT molecular complexity index is 433. The third-order valence-electron chi connectivity index (χ3n) is 3.82. The summed E-state index contributed by atoms with van der Waals surface area (Å²) in [5.41, 5.74) is 1.22. The second kappa shape index (κ2) is 7.53. The fourth-order valence-electron chi connectivity index (χ4n) is 2.57. The van der Waals surface area contributed by atoms with Crippen LogP contribution in [0.5, 0.6) is 0 Å². The highest BCUT2D eigenvalue weighted by atomic mass is 35.5. The summed E-state index contributed by atoms with van der Waals surface area (Å²) in [6.45, 7) is 4.97. The van der Waals surface area contributed by atoms with Gasteiger partial charge in [-0.25, -0.2) is 0 Å². The van der Waals surface area contributed by atoms with Gasteiger partial charge in [0.2, 0.25) is 5.91 Å². The average molecular weight is 295 g/mol. The molecule has 0 aromatic heterocycles. The van der Waals surface area contributed by atoms with Crippen molar-refractivity contribution in [2.45, 2.75) is 32.6 Å². The van der Waals surface area contributed by atoms with Gasteiger partial charge in [0, 0.05) is 36.8 Å². The Balaban J connectivity index is 1.75. The van der Waals surface area contributed by atoms with Crippen LogP contribution in [0.15, 0.2) is 24.3 Å². The number of hydrogen-bond donors (Lipinski definition) is 1. The van der Waals surface area contributed by atoms with Gasteiger partial charge in [0.15, 0.2) is 0 Å². The van der Waals surface area contributed by atoms with E-state index in [9.17, 15) is 4.79 Å². The van der Waals surface area contributed by atoms with Crippen molar-refractivity contribution in [3.8, 4) is 0 Å². The molecule has 0 radical (unpaired) electrons. The van der Waals surface area contributed by atoms with Gasteiger partial charge in [-0.15, -0.1) is 0 Å². The van der Waals surface area contributed by atoms with Gasteiger partial charge in [-0.2, -0.15) is 0 Å². The molecule has 1 N–H and O–H groups in total. The second-order valence-electron chi connectivity index (χ2n) is 5.48. The van der Waals surface area contributed by atoms with Gasteiger partial charge in [0.05, 0.1) is 0 Å². The molecule has 1 aromatic rings. The van der Waals surface area contributed by atoms with Crippen molar-refractivity contribution in [2.24, 2.45) is 5.92 Å². The van der Waals surface area contributed by atoms with Crippen LogP contribution in [-0.4, -0.2) is 25.5 Å². The summed E-state index contributed by atoms with van der Waals surface area (Å²) in [6, 6.07) is 7.97. The zero-order chi connectivity index (χ0) is 14.4. The van der Waals surface area contributed by atoms with Crippen LogP contribution in [-0.2, 0) is 4.79 Å². The minimum atomic E-state index is 0.191. The van der Waals surface area contributed by atoms with Gasteiger partial charge in [-0.1, -0.05) is 24.9 Å². The molecule has 0 saturated carbocycles. The number of carbonyl (C=O) groups excluding carboxylic acids is 1. The summed E-state index contributed by atoms with van der Waals surface area (Å²) in [5, 5.41) is 3.82. The Hall–Kier alpha value is -1.22. The molecule has 1 heterocycles. The molecule has 20 heavy (non-hydrogen) atoms. The third kappa shape index (κ3) is 4.41. The first-order chi connectivity index (χ1) is 9.69. The summed E-state index contributed by atoms with van der Waals surface area (Å²) in [7, 11) is 0. The lowest BCUT2D eigenvalue weighted by Crippen LogP contribution is -2.30. The zero-order valence-electron chi connectivity index (χ0n) is 12.1. The van der Waals surface area contributed by atoms with E-state index >= 15 is 0 Å². The summed E-state index contributed by atoms with van der Waals surface area (Å²) in [6.07, 6.45) is 3.84. The van der Waals surface area contributed by atoms with Crippen LogP contribution < -0.4 is 10.2 Å². The summed E-state index contributed by atoms with van der Waals surface area (Å²) >= 11 is 5.91. The van der Waals surface area contributed by atoms with Gasteiger partial charge in [-0.3, -0.25) is 4.79 Å². The van der Waals surface area contributed by atoms with E-state index in [-0.39, 0.29) is 5.91 Å². The summed E-state index contributed by atoms with van der Waals surface area (Å²) in [4.78, 5) is 14.0. The second-order valence-corrected chi connectivity index (χ2v) is 5.92. The topological polar surface area (TPSA) is 32.3 Å². The van der Waals surface area contributed by atoms with E-state index in [0.29, 0.717) is 12.3 Å². The highest BCUT2D eigenvalue weighted by Gasteiger charge is 2.22. The molecular weight excluding hydrogens is 272 g/mol. The minimum Gasteiger partial charge on any atom is -0.371 e. The number of anilines is 1. The first-order valence-corrected chi connectivity index (χ1v) is 7.84. The Morgan fingerprint density at radius 3 is 2.85 bits per heavy atom. The van der Waals surface area contributed by atoms with E-state index in [4.69, 9.17) is 11.6 Å². The molecule has 0 spiro atoms. The van der Waals surface area contributed by atoms with E-state index in [0.717, 1.165) is 43.9 Å². The molecule has 110 valence electrons. The van der Waals surface area contributed by atoms with Crippen molar-refractivity contribution in [1.29, 1.82) is 0 Å². The summed E-state index contributed by atoms with van der Waals surface area (Å²) < 4.78 is 0. The Labute approximate surface area is 126 Å². The smallest absolute Gasteiger partial charge is 0.220 e. The average Bonchev–Trinajstić information content (AvgIpc) is 2.92. The highest BCUT2D eigenvalue weighted by molar-refractivity contribution is 6.30. The first-order valence-electron chi connectivity index (χ1n) is 7.46. The number of benzene rings is 1. The number of nitrogens with one attached hydrogen (secondary N) is 1. The van der Waals surface area contributed by atoms with Gasteiger partial charge in [0.25, 0.3) is 0 Å². The normalized spacial score (nSPS) is 18.3. The lowest BCUT2D eigenvalue weighted by Gasteiger charge is -2.19. The van der Waals surface area contributed by atoms with Gasteiger partial charge < -0.3 is 10.2 Å². The maximum Gasteiger partial charge on any atom is 0.220 e. The van der Waals surface area contributed by atoms with Crippen molar-refractivity contribution in [3.63, 3.8) is 0 Å². The van der Waals surface area contributed by atoms with E-state index in [1.165, 1.54) is 5.69 Å². The maximum absolute atomic E-state index is 11.6. The SMILES string of the molecule is CCCCC(=O)NCC1CCN(c2ccc(Cl)cc2)C1. The number of unbranched alkanes of at least 4 members (excludes halogenated alkanes) is 1. The number of rotatable bonds is 6. The van der Waals surface area contributed by atoms with Crippen LogP contribution in [0.1, 0.15) is 32.6 Å². The monoisotopic (exact) mass is 294 g/mol. The number of nitrogens with zero attached hydrogens (tertiary/aromatic N) is 1. The predicted molar refractivity (Wildman–Crippen MR) is 84.3 cm³/mol. The highest BCUT2D eigenvalue weighted by Crippen LogP contribution is 2.24. The molecule has 1 fully saturated rings. The van der Waals surface area contributed by atoms with E-state index in [2.05, 4.69) is 29.3 Å². The third-order valence-corrected chi connectivity index (χ3v) is 4.07. The lowest BCUT2D eigenvalue weighted by atomic mass is 10.1. The van der Waals surface area contributed by atoms with Crippen LogP contribution in [0, 0.1) is 5.92 Å². The lowest BCUT2D eigenvalue weighted by molar-refractivity contribution is -0.121. The molecule has 1 unspecified atom stereocenters. The van der Waals surface area contributed by atoms with E-state index in [1.807, 2.05) is 12.1 Å². The fourth-order valence-corrected chi connectivity index (χ4v) is 2.70. The zero-order valence-corrected chi connectivity index (χ0v) is 12.8. The van der Waals surface area contributed by atoms with E-state index < -0.39 is 0 Å². The Kier molecular flexibility index (Phi) is 5.72. The van der Waals surface area contributed by atoms with Crippen LogP contribution in [0.3, 0.4) is 0 Å². The van der Waals surface area contributed by atoms with E-state index in [1.54, 1.807) is 0 Å². The number of halogens is 1. The van der Waals surface area contributed by atoms with Gasteiger partial charge >= 0.3 is 0 Å². The van der Waals surface area contributed by atoms with Crippen LogP contribution >= 0.6 is 11.6 Å². The molecule has 1 atom stereocenters. The standard InChI is InChI=1S/C16H23ClN2O/c1-2-3-4-16(20)18-11-13-9-10-19(12-13)15-7-5-14(17)6-8-15/h5-8,13H,2-4,9-12H2,1H3,(H,18,20). The van der Waals surface area contributed by atoms with Crippen molar-refractivity contribution in [1.82, 2.24) is 5.32 Å². The molecule has 3 nitrogen and oxygen atoms in total. The number of hydrogen-bond acceptors (Lipinski definition) is 2. The van der Waals surface area contributed by atoms with Crippen LogP contribution in [0.25, 0.3) is 0 Å². The van der Waals surface area contributed by atoms with Crippen molar-refractivity contribution in [2.75, 3.05) is 24.5 Å². The Morgan fingerprint density at radius 1 is 1.40 bits per heavy atom. The molecule has 0 bridgehead atoms. The summed E-state index contributed by atoms with van der Waals surface area (Å²) in [5.74, 6) is 0.744. The largest absolute Gasteiger partial charge is 0.371 e. The fraction of sp³-hybridized carbons (Fsp3) is 0.562.